The van der Waals surface area contributed by atoms with E-state index in [1.807, 2.05) is 6.20 Å². The van der Waals surface area contributed by atoms with E-state index in [-0.39, 0.29) is 11.2 Å². The van der Waals surface area contributed by atoms with Crippen LogP contribution in [-0.4, -0.2) is 38.7 Å². The van der Waals surface area contributed by atoms with Gasteiger partial charge in [0.1, 0.15) is 0 Å². The Bertz CT molecular complexity index is 695. The third kappa shape index (κ3) is 5.62. The van der Waals surface area contributed by atoms with E-state index >= 15 is 0 Å². The zero-order valence-corrected chi connectivity index (χ0v) is 16.0. The molecule has 0 bridgehead atoms. The Morgan fingerprint density at radius 3 is 2.92 bits per heavy atom. The van der Waals surface area contributed by atoms with E-state index in [1.54, 1.807) is 16.8 Å². The number of imidazole rings is 1. The van der Waals surface area contributed by atoms with Crippen LogP contribution in [0.4, 0.5) is 5.82 Å². The summed E-state index contributed by atoms with van der Waals surface area (Å²) in [4.78, 5) is 17.0. The van der Waals surface area contributed by atoms with Gasteiger partial charge in [-0.2, -0.15) is 10.1 Å². The van der Waals surface area contributed by atoms with Crippen molar-refractivity contribution in [1.82, 2.24) is 25.1 Å². The first kappa shape index (κ1) is 20.0. The van der Waals surface area contributed by atoms with Crippen LogP contribution in [-0.2, 0) is 13.0 Å². The number of aromatic nitrogens is 4. The van der Waals surface area contributed by atoms with Gasteiger partial charge in [-0.25, -0.2) is 0 Å². The molecule has 0 saturated heterocycles. The molecule has 2 heterocycles. The van der Waals surface area contributed by atoms with Gasteiger partial charge in [0.05, 0.1) is 6.20 Å². The third-order valence-electron chi connectivity index (χ3n) is 4.00. The van der Waals surface area contributed by atoms with Gasteiger partial charge < -0.3 is 15.2 Å². The van der Waals surface area contributed by atoms with Crippen LogP contribution in [0.15, 0.2) is 25.0 Å². The smallest absolute Gasteiger partial charge is 0.271 e. The Morgan fingerprint density at radius 2 is 2.23 bits per heavy atom. The summed E-state index contributed by atoms with van der Waals surface area (Å²) in [5, 5.41) is 13.2. The summed E-state index contributed by atoms with van der Waals surface area (Å²) in [5.74, 6) is 0.344. The Kier molecular flexibility index (Phi) is 8.21. The number of halogens is 1. The maximum Gasteiger partial charge on any atom is 0.271 e. The number of nitrogens with one attached hydrogen (secondary N) is 3. The van der Waals surface area contributed by atoms with Crippen molar-refractivity contribution in [2.75, 3.05) is 18.4 Å². The molecule has 2 aromatic rings. The average Bonchev–Trinajstić information content (AvgIpc) is 3.24. The average molecular weight is 379 g/mol. The number of aromatic amines is 1. The minimum absolute atomic E-state index is 0.184. The molecule has 3 N–H and O–H groups in total. The van der Waals surface area contributed by atoms with Crippen LogP contribution >= 0.6 is 11.6 Å². The van der Waals surface area contributed by atoms with Crippen LogP contribution in [0.3, 0.4) is 0 Å². The molecule has 142 valence electrons. The Labute approximate surface area is 159 Å². The number of aryl methyl sites for hydroxylation is 1. The van der Waals surface area contributed by atoms with Crippen LogP contribution in [0, 0.1) is 0 Å². The zero-order chi connectivity index (χ0) is 18.8. The van der Waals surface area contributed by atoms with Crippen molar-refractivity contribution < 1.29 is 4.79 Å². The first-order valence-electron chi connectivity index (χ1n) is 9.04. The van der Waals surface area contributed by atoms with Crippen LogP contribution in [0.5, 0.6) is 0 Å². The van der Waals surface area contributed by atoms with Crippen LogP contribution in [0.1, 0.15) is 48.7 Å². The van der Waals surface area contributed by atoms with Gasteiger partial charge in [-0.05, 0) is 36.4 Å². The fourth-order valence-electron chi connectivity index (χ4n) is 2.65. The first-order chi connectivity index (χ1) is 12.7. The number of amides is 1. The standard InChI is InChI=1S/C18H27ClN6O/c1-3-5-6-9-20-16-15(25(11-4-2)18(19)24-16)17(26)21-10-7-8-14-12-22-23-13-14/h4,12-13,20H,2-3,5-11H2,1H3,(H,21,26)(H,22,23). The molecular formula is C18H27ClN6O. The Hall–Kier alpha value is -2.28. The fourth-order valence-corrected chi connectivity index (χ4v) is 2.89. The van der Waals surface area contributed by atoms with Crippen molar-refractivity contribution in [3.05, 3.63) is 41.6 Å². The monoisotopic (exact) mass is 378 g/mol. The van der Waals surface area contributed by atoms with Crippen molar-refractivity contribution in [2.24, 2.45) is 0 Å². The lowest BCUT2D eigenvalue weighted by atomic mass is 10.2. The number of H-pyrrole nitrogens is 1. The lowest BCUT2D eigenvalue weighted by Crippen LogP contribution is -2.28. The first-order valence-corrected chi connectivity index (χ1v) is 9.41. The third-order valence-corrected chi connectivity index (χ3v) is 4.29. The van der Waals surface area contributed by atoms with E-state index < -0.39 is 0 Å². The highest BCUT2D eigenvalue weighted by molar-refractivity contribution is 6.29. The van der Waals surface area contributed by atoms with Gasteiger partial charge in [0.2, 0.25) is 5.28 Å². The van der Waals surface area contributed by atoms with E-state index in [4.69, 9.17) is 11.6 Å². The molecule has 0 aliphatic carbocycles. The van der Waals surface area contributed by atoms with Crippen LogP contribution < -0.4 is 10.6 Å². The van der Waals surface area contributed by atoms with Crippen molar-refractivity contribution in [2.45, 2.75) is 45.6 Å². The second-order valence-corrected chi connectivity index (χ2v) is 6.42. The summed E-state index contributed by atoms with van der Waals surface area (Å²) >= 11 is 6.22. The Balaban J connectivity index is 1.98. The fraction of sp³-hybridized carbons (Fsp3) is 0.500. The molecule has 0 radical (unpaired) electrons. The van der Waals surface area contributed by atoms with Gasteiger partial charge >= 0.3 is 0 Å². The molecule has 0 atom stereocenters. The van der Waals surface area contributed by atoms with E-state index in [1.165, 1.54) is 0 Å². The largest absolute Gasteiger partial charge is 0.368 e. The van der Waals surface area contributed by atoms with E-state index in [2.05, 4.69) is 39.3 Å². The van der Waals surface area contributed by atoms with Crippen molar-refractivity contribution >= 4 is 23.3 Å². The summed E-state index contributed by atoms with van der Waals surface area (Å²) < 4.78 is 1.67. The van der Waals surface area contributed by atoms with Crippen molar-refractivity contribution in [3.63, 3.8) is 0 Å². The predicted octanol–water partition coefficient (Wildman–Crippen LogP) is 3.41. The zero-order valence-electron chi connectivity index (χ0n) is 15.2. The summed E-state index contributed by atoms with van der Waals surface area (Å²) in [5.41, 5.74) is 1.58. The number of anilines is 1. The Morgan fingerprint density at radius 1 is 1.38 bits per heavy atom. The van der Waals surface area contributed by atoms with E-state index in [0.29, 0.717) is 24.6 Å². The van der Waals surface area contributed by atoms with E-state index in [0.717, 1.165) is 44.2 Å². The highest BCUT2D eigenvalue weighted by Gasteiger charge is 2.21. The topological polar surface area (TPSA) is 87.6 Å². The highest BCUT2D eigenvalue weighted by atomic mass is 35.5. The van der Waals surface area contributed by atoms with Gasteiger partial charge in [0.25, 0.3) is 5.91 Å². The van der Waals surface area contributed by atoms with Gasteiger partial charge in [-0.1, -0.05) is 25.8 Å². The van der Waals surface area contributed by atoms with Gasteiger partial charge in [0.15, 0.2) is 11.5 Å². The number of allylic oxidation sites excluding steroid dienone is 1. The lowest BCUT2D eigenvalue weighted by Gasteiger charge is -2.10. The van der Waals surface area contributed by atoms with Crippen molar-refractivity contribution in [1.29, 1.82) is 0 Å². The number of hydrogen-bond donors (Lipinski definition) is 3. The molecule has 26 heavy (non-hydrogen) atoms. The predicted molar refractivity (Wildman–Crippen MR) is 105 cm³/mol. The second-order valence-electron chi connectivity index (χ2n) is 6.08. The minimum Gasteiger partial charge on any atom is -0.368 e. The maximum absolute atomic E-state index is 12.7. The van der Waals surface area contributed by atoms with Gasteiger partial charge in [-0.3, -0.25) is 9.89 Å². The SMILES string of the molecule is C=CCn1c(Cl)nc(NCCCCC)c1C(=O)NCCCc1cn[nH]c1. The van der Waals surface area contributed by atoms with Gasteiger partial charge in [-0.15, -0.1) is 6.58 Å². The van der Waals surface area contributed by atoms with Crippen LogP contribution in [0.25, 0.3) is 0 Å². The molecule has 0 saturated carbocycles. The van der Waals surface area contributed by atoms with Crippen LogP contribution in [0.2, 0.25) is 5.28 Å². The molecule has 7 nitrogen and oxygen atoms in total. The lowest BCUT2D eigenvalue weighted by molar-refractivity contribution is 0.0945. The normalized spacial score (nSPS) is 10.7. The number of carbonyl (C=O) groups is 1. The molecule has 0 aliphatic rings. The number of rotatable bonds is 12. The molecule has 0 aliphatic heterocycles. The maximum atomic E-state index is 12.7. The molecule has 8 heteroatoms. The van der Waals surface area contributed by atoms with Crippen molar-refractivity contribution in [3.8, 4) is 0 Å². The second kappa shape index (κ2) is 10.7. The molecule has 0 aromatic carbocycles. The number of carbonyl (C=O) groups excluding carboxylic acids is 1. The highest BCUT2D eigenvalue weighted by Crippen LogP contribution is 2.21. The molecule has 1 amide bonds. The molecule has 2 rings (SSSR count). The summed E-state index contributed by atoms with van der Waals surface area (Å²) in [6, 6.07) is 0. The number of unbranched alkanes of at least 4 members (excludes halogenated alkanes) is 2. The van der Waals surface area contributed by atoms with E-state index in [9.17, 15) is 4.79 Å². The molecule has 2 aromatic heterocycles. The van der Waals surface area contributed by atoms with Gasteiger partial charge in [0, 0.05) is 25.8 Å². The molecule has 0 unspecified atom stereocenters. The minimum atomic E-state index is -0.184. The number of nitrogens with zero attached hydrogens (tertiary/aromatic N) is 3. The molecular weight excluding hydrogens is 352 g/mol. The summed E-state index contributed by atoms with van der Waals surface area (Å²) in [6.07, 6.45) is 10.3. The summed E-state index contributed by atoms with van der Waals surface area (Å²) in [6.45, 7) is 7.64. The quantitative estimate of drug-likeness (QED) is 0.390. The molecule has 0 fully saturated rings. The number of hydrogen-bond acceptors (Lipinski definition) is 4. The molecule has 0 spiro atoms. The summed E-state index contributed by atoms with van der Waals surface area (Å²) in [7, 11) is 0.